The maximum absolute atomic E-state index is 6.10. The Hall–Kier alpha value is -1.22. The zero-order chi connectivity index (χ0) is 13.4. The minimum atomic E-state index is 0.682. The number of aliphatic imine (C=N–C) groups is 1. The lowest BCUT2D eigenvalue weighted by Gasteiger charge is -2.13. The van der Waals surface area contributed by atoms with E-state index in [4.69, 9.17) is 11.6 Å². The van der Waals surface area contributed by atoms with Crippen LogP contribution >= 0.6 is 11.6 Å². The van der Waals surface area contributed by atoms with Crippen molar-refractivity contribution in [3.63, 3.8) is 0 Å². The van der Waals surface area contributed by atoms with Crippen LogP contribution < -0.4 is 10.6 Å². The molecule has 0 amide bonds. The van der Waals surface area contributed by atoms with Gasteiger partial charge in [0.15, 0.2) is 5.96 Å². The van der Waals surface area contributed by atoms with Crippen molar-refractivity contribution >= 4 is 17.6 Å². The van der Waals surface area contributed by atoms with Crippen molar-refractivity contribution in [2.75, 3.05) is 13.6 Å². The lowest BCUT2D eigenvalue weighted by Crippen LogP contribution is -2.37. The largest absolute Gasteiger partial charge is 0.356 e. The lowest BCUT2D eigenvalue weighted by molar-refractivity contribution is 0.573. The maximum atomic E-state index is 6.10. The molecule has 18 heavy (non-hydrogen) atoms. The molecule has 0 aliphatic rings. The van der Waals surface area contributed by atoms with Crippen molar-refractivity contribution in [1.82, 2.24) is 10.6 Å². The Morgan fingerprint density at radius 1 is 1.28 bits per heavy atom. The van der Waals surface area contributed by atoms with Gasteiger partial charge in [-0.25, -0.2) is 0 Å². The van der Waals surface area contributed by atoms with Gasteiger partial charge in [0.1, 0.15) is 0 Å². The van der Waals surface area contributed by atoms with Crippen LogP contribution in [-0.2, 0) is 6.54 Å². The van der Waals surface area contributed by atoms with E-state index in [0.29, 0.717) is 12.5 Å². The fraction of sp³-hybridized carbons (Fsp3) is 0.500. The van der Waals surface area contributed by atoms with Gasteiger partial charge < -0.3 is 10.6 Å². The second-order valence-corrected chi connectivity index (χ2v) is 5.03. The highest BCUT2D eigenvalue weighted by Gasteiger charge is 2.01. The highest BCUT2D eigenvalue weighted by molar-refractivity contribution is 6.31. The van der Waals surface area contributed by atoms with E-state index in [-0.39, 0.29) is 0 Å². The van der Waals surface area contributed by atoms with Crippen LogP contribution in [0.2, 0.25) is 5.02 Å². The lowest BCUT2D eigenvalue weighted by atomic mass is 10.1. The standard InChI is InChI=1S/C14H22ClN3/c1-11(2)8-9-17-14(16-3)18-10-12-6-4-5-7-13(12)15/h4-7,11H,8-10H2,1-3H3,(H2,16,17,18). The van der Waals surface area contributed by atoms with Crippen molar-refractivity contribution < 1.29 is 0 Å². The van der Waals surface area contributed by atoms with E-state index in [9.17, 15) is 0 Å². The summed E-state index contributed by atoms with van der Waals surface area (Å²) >= 11 is 6.10. The molecule has 0 fully saturated rings. The third-order valence-corrected chi connectivity index (χ3v) is 3.01. The molecule has 1 rings (SSSR count). The van der Waals surface area contributed by atoms with Crippen LogP contribution in [-0.4, -0.2) is 19.6 Å². The van der Waals surface area contributed by atoms with Crippen molar-refractivity contribution in [2.24, 2.45) is 10.9 Å². The third-order valence-electron chi connectivity index (χ3n) is 2.64. The van der Waals surface area contributed by atoms with E-state index in [0.717, 1.165) is 29.5 Å². The van der Waals surface area contributed by atoms with E-state index in [1.54, 1.807) is 7.05 Å². The summed E-state index contributed by atoms with van der Waals surface area (Å²) in [4.78, 5) is 4.18. The Kier molecular flexibility index (Phi) is 6.58. The molecular formula is C14H22ClN3. The summed E-state index contributed by atoms with van der Waals surface area (Å²) in [5, 5.41) is 7.32. The molecule has 4 heteroatoms. The Balaban J connectivity index is 2.39. The van der Waals surface area contributed by atoms with Gasteiger partial charge >= 0.3 is 0 Å². The van der Waals surface area contributed by atoms with E-state index < -0.39 is 0 Å². The van der Waals surface area contributed by atoms with Gasteiger partial charge in [0.25, 0.3) is 0 Å². The Morgan fingerprint density at radius 2 is 2.00 bits per heavy atom. The summed E-state index contributed by atoms with van der Waals surface area (Å²) in [5.74, 6) is 1.51. The molecule has 0 radical (unpaired) electrons. The molecule has 0 saturated carbocycles. The third kappa shape index (κ3) is 5.41. The molecule has 0 aliphatic heterocycles. The Labute approximate surface area is 115 Å². The molecule has 0 heterocycles. The highest BCUT2D eigenvalue weighted by atomic mass is 35.5. The number of nitrogens with one attached hydrogen (secondary N) is 2. The Bertz CT molecular complexity index is 388. The molecular weight excluding hydrogens is 246 g/mol. The summed E-state index contributed by atoms with van der Waals surface area (Å²) in [5.41, 5.74) is 1.07. The smallest absolute Gasteiger partial charge is 0.191 e. The van der Waals surface area contributed by atoms with Crippen LogP contribution in [0.4, 0.5) is 0 Å². The van der Waals surface area contributed by atoms with Crippen LogP contribution in [0.25, 0.3) is 0 Å². The first kappa shape index (κ1) is 14.8. The molecule has 0 bridgehead atoms. The summed E-state index contributed by atoms with van der Waals surface area (Å²) in [7, 11) is 1.78. The first-order chi connectivity index (χ1) is 8.63. The number of guanidine groups is 1. The maximum Gasteiger partial charge on any atom is 0.191 e. The molecule has 2 N–H and O–H groups in total. The fourth-order valence-electron chi connectivity index (χ4n) is 1.52. The molecule has 0 saturated heterocycles. The normalized spacial score (nSPS) is 11.7. The molecule has 0 aliphatic carbocycles. The molecule has 0 spiro atoms. The van der Waals surface area contributed by atoms with Crippen LogP contribution in [0.1, 0.15) is 25.8 Å². The van der Waals surface area contributed by atoms with Gasteiger partial charge in [-0.15, -0.1) is 0 Å². The predicted octanol–water partition coefficient (Wildman–Crippen LogP) is 3.05. The van der Waals surface area contributed by atoms with Crippen molar-refractivity contribution in [3.8, 4) is 0 Å². The fourth-order valence-corrected chi connectivity index (χ4v) is 1.72. The quantitative estimate of drug-likeness (QED) is 0.636. The number of nitrogens with zero attached hydrogens (tertiary/aromatic N) is 1. The molecule has 0 unspecified atom stereocenters. The van der Waals surface area contributed by atoms with E-state index in [2.05, 4.69) is 29.5 Å². The summed E-state index contributed by atoms with van der Waals surface area (Å²) < 4.78 is 0. The zero-order valence-corrected chi connectivity index (χ0v) is 12.1. The van der Waals surface area contributed by atoms with Crippen molar-refractivity contribution in [1.29, 1.82) is 0 Å². The van der Waals surface area contributed by atoms with Crippen molar-refractivity contribution in [3.05, 3.63) is 34.9 Å². The monoisotopic (exact) mass is 267 g/mol. The van der Waals surface area contributed by atoms with E-state index in [1.165, 1.54) is 0 Å². The number of benzene rings is 1. The SMILES string of the molecule is CN=C(NCCC(C)C)NCc1ccccc1Cl. The van der Waals surface area contributed by atoms with Crippen molar-refractivity contribution in [2.45, 2.75) is 26.8 Å². The number of halogens is 1. The van der Waals surface area contributed by atoms with Gasteiger partial charge in [0.2, 0.25) is 0 Å². The molecule has 1 aromatic rings. The molecule has 100 valence electrons. The number of hydrogen-bond donors (Lipinski definition) is 2. The minimum absolute atomic E-state index is 0.682. The first-order valence-electron chi connectivity index (χ1n) is 6.31. The summed E-state index contributed by atoms with van der Waals surface area (Å²) in [6.07, 6.45) is 1.13. The second kappa shape index (κ2) is 7.98. The molecule has 1 aromatic carbocycles. The second-order valence-electron chi connectivity index (χ2n) is 4.63. The molecule has 3 nitrogen and oxygen atoms in total. The number of hydrogen-bond acceptors (Lipinski definition) is 1. The van der Waals surface area contributed by atoms with Gasteiger partial charge in [-0.1, -0.05) is 43.6 Å². The predicted molar refractivity (Wildman–Crippen MR) is 79.1 cm³/mol. The highest BCUT2D eigenvalue weighted by Crippen LogP contribution is 2.14. The average Bonchev–Trinajstić information content (AvgIpc) is 2.35. The summed E-state index contributed by atoms with van der Waals surface area (Å²) in [6, 6.07) is 7.82. The zero-order valence-electron chi connectivity index (χ0n) is 11.3. The van der Waals surface area contributed by atoms with Crippen LogP contribution in [0.5, 0.6) is 0 Å². The number of rotatable bonds is 5. The Morgan fingerprint density at radius 3 is 2.61 bits per heavy atom. The van der Waals surface area contributed by atoms with Crippen LogP contribution in [0.15, 0.2) is 29.3 Å². The van der Waals surface area contributed by atoms with Crippen LogP contribution in [0.3, 0.4) is 0 Å². The molecule has 0 aromatic heterocycles. The van der Waals surface area contributed by atoms with Gasteiger partial charge in [0.05, 0.1) is 0 Å². The van der Waals surface area contributed by atoms with E-state index in [1.807, 2.05) is 24.3 Å². The molecule has 0 atom stereocenters. The van der Waals surface area contributed by atoms with Gasteiger partial charge in [-0.2, -0.15) is 0 Å². The van der Waals surface area contributed by atoms with Gasteiger partial charge in [-0.3, -0.25) is 4.99 Å². The summed E-state index contributed by atoms with van der Waals surface area (Å²) in [6.45, 7) is 6.03. The first-order valence-corrected chi connectivity index (χ1v) is 6.69. The van der Waals surface area contributed by atoms with E-state index >= 15 is 0 Å². The topological polar surface area (TPSA) is 36.4 Å². The van der Waals surface area contributed by atoms with Gasteiger partial charge in [0, 0.05) is 25.2 Å². The van der Waals surface area contributed by atoms with Gasteiger partial charge in [-0.05, 0) is 24.0 Å². The van der Waals surface area contributed by atoms with Crippen LogP contribution in [0, 0.1) is 5.92 Å². The minimum Gasteiger partial charge on any atom is -0.356 e. The average molecular weight is 268 g/mol.